The molecule has 9 heteroatoms. The number of aromatic amines is 1. The summed E-state index contributed by atoms with van der Waals surface area (Å²) < 4.78 is 19.8. The second-order valence-electron chi connectivity index (χ2n) is 10.9. The summed E-state index contributed by atoms with van der Waals surface area (Å²) in [5, 5.41) is 0. The molecule has 0 bridgehead atoms. The minimum atomic E-state index is -0.960. The van der Waals surface area contributed by atoms with E-state index in [-0.39, 0.29) is 11.5 Å². The van der Waals surface area contributed by atoms with E-state index in [9.17, 15) is 9.59 Å². The molecule has 45 heavy (non-hydrogen) atoms. The lowest BCUT2D eigenvalue weighted by molar-refractivity contribution is 0.0101. The predicted molar refractivity (Wildman–Crippen MR) is 173 cm³/mol. The van der Waals surface area contributed by atoms with E-state index >= 15 is 0 Å². The zero-order valence-corrected chi connectivity index (χ0v) is 25.7. The van der Waals surface area contributed by atoms with E-state index in [2.05, 4.69) is 27.1 Å². The predicted octanol–water partition coefficient (Wildman–Crippen LogP) is 5.62. The van der Waals surface area contributed by atoms with Crippen LogP contribution in [0.1, 0.15) is 34.2 Å². The van der Waals surface area contributed by atoms with Crippen LogP contribution < -0.4 is 20.7 Å². The zero-order valence-electron chi connectivity index (χ0n) is 25.7. The molecule has 0 fully saturated rings. The molecule has 0 atom stereocenters. The van der Waals surface area contributed by atoms with Crippen LogP contribution in [0.25, 0.3) is 22.6 Å². The van der Waals surface area contributed by atoms with Crippen molar-refractivity contribution in [3.63, 3.8) is 0 Å². The largest absolute Gasteiger partial charge is 0.497 e. The van der Waals surface area contributed by atoms with Gasteiger partial charge in [0.25, 0.3) is 5.56 Å². The molecule has 6 rings (SSSR count). The quantitative estimate of drug-likeness (QED) is 0.123. The molecule has 0 unspecified atom stereocenters. The summed E-state index contributed by atoms with van der Waals surface area (Å²) in [6.45, 7) is 4.80. The maximum absolute atomic E-state index is 12.8. The first-order chi connectivity index (χ1) is 21.8. The molecule has 1 N–H and O–H groups in total. The van der Waals surface area contributed by atoms with E-state index < -0.39 is 16.9 Å². The van der Waals surface area contributed by atoms with Crippen LogP contribution >= 0.6 is 0 Å². The van der Waals surface area contributed by atoms with Crippen molar-refractivity contribution >= 4 is 11.0 Å². The van der Waals surface area contributed by atoms with Crippen molar-refractivity contribution in [3.8, 4) is 23.0 Å². The van der Waals surface area contributed by atoms with Gasteiger partial charge in [-0.15, -0.1) is 0 Å². The number of aromatic nitrogens is 4. The van der Waals surface area contributed by atoms with E-state index in [1.165, 1.54) is 0 Å². The molecule has 0 aromatic heterocycles. The van der Waals surface area contributed by atoms with Gasteiger partial charge in [0.2, 0.25) is 0 Å². The fourth-order valence-electron chi connectivity index (χ4n) is 5.80. The number of ether oxygens (including phenoxy) is 3. The molecule has 9 nitrogen and oxygen atoms in total. The third kappa shape index (κ3) is 5.58. The van der Waals surface area contributed by atoms with Crippen LogP contribution in [0.4, 0.5) is 0 Å². The lowest BCUT2D eigenvalue weighted by Gasteiger charge is -2.36. The molecule has 0 amide bonds. The molecule has 228 valence electrons. The topological polar surface area (TPSA) is 108 Å². The Balaban J connectivity index is 1.42. The Morgan fingerprint density at radius 2 is 1.33 bits per heavy atom. The second-order valence-corrected chi connectivity index (χ2v) is 10.9. The summed E-state index contributed by atoms with van der Waals surface area (Å²) in [6, 6.07) is 29.9. The average Bonchev–Trinajstić information content (AvgIpc) is 3.06. The van der Waals surface area contributed by atoms with E-state index in [0.717, 1.165) is 44.8 Å². The number of nitrogens with one attached hydrogen (secondary N) is 1. The van der Waals surface area contributed by atoms with Gasteiger partial charge in [-0.05, 0) is 84.5 Å². The molecule has 0 aliphatic carbocycles. The van der Waals surface area contributed by atoms with Crippen LogP contribution in [0.3, 0.4) is 0 Å². The van der Waals surface area contributed by atoms with Crippen molar-refractivity contribution in [3.05, 3.63) is 140 Å². The summed E-state index contributed by atoms with van der Waals surface area (Å²) in [7, 11) is 3.29. The molecule has 2 aliphatic rings. The number of H-pyrrole nitrogens is 1. The fraction of sp³-hybridized carbons (Fsp3) is 0.222. The van der Waals surface area contributed by atoms with Gasteiger partial charge in [-0.2, -0.15) is 4.98 Å². The number of nitrogens with zero attached hydrogens (tertiary/aromatic N) is 3. The van der Waals surface area contributed by atoms with Crippen molar-refractivity contribution in [2.75, 3.05) is 20.8 Å². The second kappa shape index (κ2) is 12.4. The van der Waals surface area contributed by atoms with Crippen LogP contribution in [0.2, 0.25) is 0 Å². The first kappa shape index (κ1) is 29.8. The molecule has 4 aromatic rings. The van der Waals surface area contributed by atoms with Crippen LogP contribution in [0.5, 0.6) is 11.5 Å². The monoisotopic (exact) mass is 602 g/mol. The van der Waals surface area contributed by atoms with Gasteiger partial charge in [0, 0.05) is 6.54 Å². The molecule has 0 saturated carbocycles. The number of aryl methyl sites for hydroxylation is 3. The molecular formula is C36H34N4O5. The van der Waals surface area contributed by atoms with Crippen LogP contribution in [0, 0.1) is 13.8 Å². The number of benzene rings is 4. The Morgan fingerprint density at radius 3 is 1.93 bits per heavy atom. The summed E-state index contributed by atoms with van der Waals surface area (Å²) in [4.78, 5) is 36.0. The highest BCUT2D eigenvalue weighted by molar-refractivity contribution is 5.81. The lowest BCUT2D eigenvalue weighted by Crippen LogP contribution is -2.33. The molecule has 0 radical (unpaired) electrons. The van der Waals surface area contributed by atoms with E-state index in [1.54, 1.807) is 14.2 Å². The molecule has 4 aromatic carbocycles. The minimum absolute atomic E-state index is 0.126. The third-order valence-corrected chi connectivity index (χ3v) is 8.24. The summed E-state index contributed by atoms with van der Waals surface area (Å²) in [5.74, 6) is 1.74. The number of methoxy groups -OCH3 is 2. The van der Waals surface area contributed by atoms with E-state index in [4.69, 9.17) is 14.2 Å². The van der Waals surface area contributed by atoms with Crippen molar-refractivity contribution in [1.82, 2.24) is 19.5 Å². The van der Waals surface area contributed by atoms with Gasteiger partial charge in [0.15, 0.2) is 11.5 Å². The van der Waals surface area contributed by atoms with Gasteiger partial charge in [-0.3, -0.25) is 9.78 Å². The van der Waals surface area contributed by atoms with E-state index in [0.29, 0.717) is 25.1 Å². The number of fused-ring (bicyclic) bond motifs is 2. The van der Waals surface area contributed by atoms with Crippen LogP contribution in [0.15, 0.2) is 101 Å². The van der Waals surface area contributed by atoms with Crippen molar-refractivity contribution in [1.29, 1.82) is 0 Å². The number of rotatable bonds is 10. The maximum atomic E-state index is 12.8. The molecule has 2 aliphatic heterocycles. The summed E-state index contributed by atoms with van der Waals surface area (Å²) in [6.07, 6.45) is 0.551. The standard InChI is InChI=1S/C36H34N4O5/c1-23-21-30-31(22-24(23)2)40(33-32(37-30)34(41)39-35(42)38-33)19-8-20-45-36(25-9-6-5-7-10-25,26-11-15-28(43-3)16-12-26)27-13-17-29(44-4)18-14-27/h5-7,9-18,21-22H,8,19-20H2,1-4H3,(H,39,41,42). The fourth-order valence-corrected chi connectivity index (χ4v) is 5.80. The lowest BCUT2D eigenvalue weighted by atomic mass is 9.80. The Bertz CT molecular complexity index is 1990. The average molecular weight is 603 g/mol. The number of hydrogen-bond donors (Lipinski definition) is 1. The van der Waals surface area contributed by atoms with Gasteiger partial charge in [0.1, 0.15) is 17.1 Å². The highest BCUT2D eigenvalue weighted by Crippen LogP contribution is 2.42. The van der Waals surface area contributed by atoms with Gasteiger partial charge in [-0.25, -0.2) is 9.78 Å². The van der Waals surface area contributed by atoms with Gasteiger partial charge >= 0.3 is 5.69 Å². The molecule has 2 heterocycles. The normalized spacial score (nSPS) is 11.6. The highest BCUT2D eigenvalue weighted by Gasteiger charge is 2.37. The molecular weight excluding hydrogens is 568 g/mol. The van der Waals surface area contributed by atoms with Crippen molar-refractivity contribution in [2.24, 2.45) is 0 Å². The molecule has 0 spiro atoms. The first-order valence-corrected chi connectivity index (χ1v) is 14.7. The highest BCUT2D eigenvalue weighted by atomic mass is 16.5. The first-order valence-electron chi connectivity index (χ1n) is 14.7. The van der Waals surface area contributed by atoms with Crippen LogP contribution in [-0.2, 0) is 16.9 Å². The van der Waals surface area contributed by atoms with Crippen molar-refractivity contribution < 1.29 is 14.2 Å². The smallest absolute Gasteiger partial charge is 0.349 e. The Labute approximate surface area is 260 Å². The van der Waals surface area contributed by atoms with Gasteiger partial charge in [-0.1, -0.05) is 54.6 Å². The van der Waals surface area contributed by atoms with Gasteiger partial charge in [0.05, 0.1) is 31.9 Å². The third-order valence-electron chi connectivity index (χ3n) is 8.24. The SMILES string of the molecule is COc1ccc(C(OCCCn2c3nc(=O)[nH]c(=O)c-3nc3cc(C)c(C)cc32)(c2ccccc2)c2ccc(OC)cc2)cc1. The summed E-state index contributed by atoms with van der Waals surface area (Å²) in [5.41, 5.74) is 4.31. The Morgan fingerprint density at radius 1 is 0.756 bits per heavy atom. The molecule has 0 saturated heterocycles. The summed E-state index contributed by atoms with van der Waals surface area (Å²) >= 11 is 0. The van der Waals surface area contributed by atoms with Crippen LogP contribution in [-0.4, -0.2) is 40.3 Å². The Kier molecular flexibility index (Phi) is 8.19. The zero-order chi connectivity index (χ0) is 31.6. The Hall–Kier alpha value is -5.28. The van der Waals surface area contributed by atoms with Gasteiger partial charge < -0.3 is 18.8 Å². The maximum Gasteiger partial charge on any atom is 0.349 e. The van der Waals surface area contributed by atoms with E-state index in [1.807, 2.05) is 97.3 Å². The number of hydrogen-bond acceptors (Lipinski definition) is 7. The minimum Gasteiger partial charge on any atom is -0.497 e. The van der Waals surface area contributed by atoms with Crippen molar-refractivity contribution in [2.45, 2.75) is 32.4 Å².